The van der Waals surface area contributed by atoms with E-state index in [2.05, 4.69) is 15.5 Å². The first kappa shape index (κ1) is 19.9. The van der Waals surface area contributed by atoms with Gasteiger partial charge in [-0.15, -0.1) is 0 Å². The van der Waals surface area contributed by atoms with E-state index in [0.717, 1.165) is 11.1 Å². The Balaban J connectivity index is 1.65. The fourth-order valence-electron chi connectivity index (χ4n) is 3.18. The van der Waals surface area contributed by atoms with Gasteiger partial charge >= 0.3 is 0 Å². The van der Waals surface area contributed by atoms with Crippen LogP contribution in [0.3, 0.4) is 0 Å². The van der Waals surface area contributed by atoms with E-state index in [1.165, 1.54) is 18.3 Å². The number of hydrogen-bond acceptors (Lipinski definition) is 5. The third kappa shape index (κ3) is 4.45. The van der Waals surface area contributed by atoms with Crippen molar-refractivity contribution in [1.29, 1.82) is 0 Å². The molecule has 1 aromatic heterocycles. The average molecular weight is 410 g/mol. The number of nitro benzene ring substituents is 1. The average Bonchev–Trinajstić information content (AvgIpc) is 2.79. The lowest BCUT2D eigenvalue weighted by molar-refractivity contribution is -0.384. The number of hydrazone groups is 1. The summed E-state index contributed by atoms with van der Waals surface area (Å²) >= 11 is 0. The van der Waals surface area contributed by atoms with Gasteiger partial charge in [0.15, 0.2) is 0 Å². The highest BCUT2D eigenvalue weighted by molar-refractivity contribution is 6.07. The number of fused-ring (bicyclic) bond motifs is 1. The Kier molecular flexibility index (Phi) is 5.49. The number of non-ortho nitro benzene ring substituents is 1. The number of aromatic nitrogens is 1. The number of nitro groups is 1. The molecule has 7 nitrogen and oxygen atoms in total. The number of carbonyl (C=O) groups excluding carboxylic acids is 1. The van der Waals surface area contributed by atoms with E-state index in [1.807, 2.05) is 55.5 Å². The normalized spacial score (nSPS) is 11.0. The van der Waals surface area contributed by atoms with Crippen LogP contribution in [0.15, 0.2) is 84.0 Å². The highest BCUT2D eigenvalue weighted by atomic mass is 16.6. The molecule has 0 aliphatic rings. The fraction of sp³-hybridized carbons (Fsp3) is 0.0417. The van der Waals surface area contributed by atoms with Crippen molar-refractivity contribution in [2.75, 3.05) is 0 Å². The molecule has 0 saturated carbocycles. The molecule has 0 atom stereocenters. The molecule has 0 aliphatic carbocycles. The summed E-state index contributed by atoms with van der Waals surface area (Å²) in [5.41, 5.74) is 6.85. The summed E-state index contributed by atoms with van der Waals surface area (Å²) in [6.45, 7) is 2.01. The topological polar surface area (TPSA) is 97.5 Å². The van der Waals surface area contributed by atoms with Crippen LogP contribution in [0.1, 0.15) is 21.5 Å². The van der Waals surface area contributed by atoms with E-state index < -0.39 is 10.8 Å². The smallest absolute Gasteiger partial charge is 0.267 e. The summed E-state index contributed by atoms with van der Waals surface area (Å²) < 4.78 is 0. The molecule has 31 heavy (non-hydrogen) atoms. The van der Waals surface area contributed by atoms with Crippen LogP contribution in [0.4, 0.5) is 5.69 Å². The van der Waals surface area contributed by atoms with E-state index in [0.29, 0.717) is 27.7 Å². The Morgan fingerprint density at radius 2 is 1.81 bits per heavy atom. The lowest BCUT2D eigenvalue weighted by Crippen LogP contribution is -2.18. The van der Waals surface area contributed by atoms with Gasteiger partial charge in [-0.1, -0.05) is 60.2 Å². The molecule has 0 fully saturated rings. The number of carbonyl (C=O) groups is 1. The summed E-state index contributed by atoms with van der Waals surface area (Å²) in [5.74, 6) is -0.395. The van der Waals surface area contributed by atoms with Crippen LogP contribution < -0.4 is 5.43 Å². The van der Waals surface area contributed by atoms with Gasteiger partial charge in [-0.05, 0) is 19.1 Å². The first-order valence-corrected chi connectivity index (χ1v) is 9.56. The molecule has 1 N–H and O–H groups in total. The van der Waals surface area contributed by atoms with Gasteiger partial charge in [-0.2, -0.15) is 5.10 Å². The zero-order chi connectivity index (χ0) is 21.8. The van der Waals surface area contributed by atoms with Gasteiger partial charge in [0, 0.05) is 28.6 Å². The first-order chi connectivity index (χ1) is 15.0. The van der Waals surface area contributed by atoms with Crippen molar-refractivity contribution in [3.05, 3.63) is 106 Å². The fourth-order valence-corrected chi connectivity index (χ4v) is 3.18. The number of para-hydroxylation sites is 1. The molecule has 0 radical (unpaired) electrons. The second-order valence-corrected chi connectivity index (χ2v) is 6.99. The van der Waals surface area contributed by atoms with E-state index >= 15 is 0 Å². The summed E-state index contributed by atoms with van der Waals surface area (Å²) in [6.07, 6.45) is 1.37. The molecule has 3 aromatic carbocycles. The lowest BCUT2D eigenvalue weighted by Gasteiger charge is -2.09. The molecule has 0 saturated heterocycles. The van der Waals surface area contributed by atoms with Crippen LogP contribution in [0.5, 0.6) is 0 Å². The van der Waals surface area contributed by atoms with Crippen LogP contribution in [-0.4, -0.2) is 22.0 Å². The number of aryl methyl sites for hydroxylation is 1. The minimum atomic E-state index is -0.481. The van der Waals surface area contributed by atoms with Crippen molar-refractivity contribution in [3.63, 3.8) is 0 Å². The number of pyridine rings is 1. The Labute approximate surface area is 178 Å². The third-order valence-corrected chi connectivity index (χ3v) is 4.77. The van der Waals surface area contributed by atoms with Crippen LogP contribution in [0, 0.1) is 17.0 Å². The highest BCUT2D eigenvalue weighted by Crippen LogP contribution is 2.25. The monoisotopic (exact) mass is 410 g/mol. The van der Waals surface area contributed by atoms with Crippen molar-refractivity contribution < 1.29 is 9.72 Å². The number of benzene rings is 3. The molecule has 4 aromatic rings. The summed E-state index contributed by atoms with van der Waals surface area (Å²) in [7, 11) is 0. The maximum absolute atomic E-state index is 12.9. The Bertz CT molecular complexity index is 1310. The van der Waals surface area contributed by atoms with E-state index in [1.54, 1.807) is 18.2 Å². The van der Waals surface area contributed by atoms with E-state index in [4.69, 9.17) is 0 Å². The van der Waals surface area contributed by atoms with Crippen LogP contribution in [-0.2, 0) is 0 Å². The Morgan fingerprint density at radius 3 is 2.58 bits per heavy atom. The molecular formula is C24H18N4O3. The quantitative estimate of drug-likeness (QED) is 0.288. The Morgan fingerprint density at radius 1 is 1.03 bits per heavy atom. The molecule has 0 bridgehead atoms. The van der Waals surface area contributed by atoms with Gasteiger partial charge < -0.3 is 0 Å². The summed E-state index contributed by atoms with van der Waals surface area (Å²) in [4.78, 5) is 28.0. The van der Waals surface area contributed by atoms with Gasteiger partial charge in [0.25, 0.3) is 11.6 Å². The van der Waals surface area contributed by atoms with Crippen molar-refractivity contribution >= 4 is 28.7 Å². The van der Waals surface area contributed by atoms with E-state index in [9.17, 15) is 14.9 Å². The molecule has 0 spiro atoms. The molecule has 1 heterocycles. The van der Waals surface area contributed by atoms with Gasteiger partial charge in [0.1, 0.15) is 0 Å². The predicted octanol–water partition coefficient (Wildman–Crippen LogP) is 4.88. The van der Waals surface area contributed by atoms with Crippen molar-refractivity contribution in [1.82, 2.24) is 10.4 Å². The number of amides is 1. The Hall–Kier alpha value is -4.39. The van der Waals surface area contributed by atoms with Gasteiger partial charge in [-0.25, -0.2) is 10.4 Å². The van der Waals surface area contributed by atoms with Gasteiger partial charge in [-0.3, -0.25) is 14.9 Å². The van der Waals surface area contributed by atoms with Crippen LogP contribution >= 0.6 is 0 Å². The number of nitrogens with one attached hydrogen (secondary N) is 1. The molecular weight excluding hydrogens is 392 g/mol. The van der Waals surface area contributed by atoms with Gasteiger partial charge in [0.05, 0.1) is 27.9 Å². The zero-order valence-electron chi connectivity index (χ0n) is 16.6. The number of hydrogen-bond donors (Lipinski definition) is 1. The van der Waals surface area contributed by atoms with E-state index in [-0.39, 0.29) is 5.69 Å². The minimum Gasteiger partial charge on any atom is -0.267 e. The standard InChI is InChI=1S/C24H18N4O3/c1-16-9-11-18(12-10-16)23-14-21(20-7-2-3-8-22(20)26-23)24(29)27-25-15-17-5-4-6-19(13-17)28(30)31/h2-15H,1H3,(H,27,29)/b25-15+. The maximum Gasteiger partial charge on any atom is 0.272 e. The second-order valence-electron chi connectivity index (χ2n) is 6.99. The van der Waals surface area contributed by atoms with Crippen LogP contribution in [0.2, 0.25) is 0 Å². The number of rotatable bonds is 5. The lowest BCUT2D eigenvalue weighted by atomic mass is 10.0. The largest absolute Gasteiger partial charge is 0.272 e. The molecule has 7 heteroatoms. The maximum atomic E-state index is 12.9. The zero-order valence-corrected chi connectivity index (χ0v) is 16.6. The number of nitrogens with zero attached hydrogens (tertiary/aromatic N) is 3. The molecule has 0 aliphatic heterocycles. The third-order valence-electron chi connectivity index (χ3n) is 4.77. The summed E-state index contributed by atoms with van der Waals surface area (Å²) in [6, 6.07) is 23.1. The summed E-state index contributed by atoms with van der Waals surface area (Å²) in [5, 5.41) is 15.6. The highest BCUT2D eigenvalue weighted by Gasteiger charge is 2.13. The molecule has 0 unspecified atom stereocenters. The predicted molar refractivity (Wildman–Crippen MR) is 120 cm³/mol. The minimum absolute atomic E-state index is 0.0434. The molecule has 4 rings (SSSR count). The van der Waals surface area contributed by atoms with Crippen molar-refractivity contribution in [3.8, 4) is 11.3 Å². The van der Waals surface area contributed by atoms with Crippen molar-refractivity contribution in [2.45, 2.75) is 6.92 Å². The van der Waals surface area contributed by atoms with Crippen molar-refractivity contribution in [2.24, 2.45) is 5.10 Å². The first-order valence-electron chi connectivity index (χ1n) is 9.56. The molecule has 1 amide bonds. The van der Waals surface area contributed by atoms with Gasteiger partial charge in [0.2, 0.25) is 0 Å². The molecule has 152 valence electrons. The van der Waals surface area contributed by atoms with Crippen LogP contribution in [0.25, 0.3) is 22.2 Å². The second kappa shape index (κ2) is 8.54. The SMILES string of the molecule is Cc1ccc(-c2cc(C(=O)N/N=C/c3cccc([N+](=O)[O-])c3)c3ccccc3n2)cc1.